The Hall–Kier alpha value is -1.94. The molecule has 0 aliphatic heterocycles. The molecule has 0 aliphatic carbocycles. The second kappa shape index (κ2) is 51.0. The van der Waals surface area contributed by atoms with E-state index in [-0.39, 0.29) is 25.7 Å². The number of rotatable bonds is 57. The van der Waals surface area contributed by atoms with Gasteiger partial charge in [0, 0.05) is 25.7 Å². The summed E-state index contributed by atoms with van der Waals surface area (Å²) in [5.41, 5.74) is 0. The predicted molar refractivity (Wildman–Crippen MR) is 303 cm³/mol. The zero-order valence-corrected chi connectivity index (χ0v) is 51.0. The Bertz CT molecular complexity index is 1530. The van der Waals surface area contributed by atoms with Gasteiger partial charge in [-0.25, -0.2) is 9.13 Å². The number of hydrogen-bond acceptors (Lipinski definition) is 15. The van der Waals surface area contributed by atoms with Crippen molar-refractivity contribution >= 4 is 39.5 Å². The van der Waals surface area contributed by atoms with E-state index in [1.54, 1.807) is 0 Å². The third-order valence-corrected chi connectivity index (χ3v) is 15.1. The molecular formula is C58H112O17P2. The molecule has 0 aromatic rings. The maximum absolute atomic E-state index is 12.9. The highest BCUT2D eigenvalue weighted by Gasteiger charge is 2.30. The molecule has 0 amide bonds. The third-order valence-electron chi connectivity index (χ3n) is 13.2. The quantitative estimate of drug-likeness (QED) is 0.0222. The van der Waals surface area contributed by atoms with Crippen LogP contribution in [-0.2, 0) is 65.4 Å². The first-order valence-corrected chi connectivity index (χ1v) is 33.5. The Morgan fingerprint density at radius 3 is 0.883 bits per heavy atom. The van der Waals surface area contributed by atoms with Crippen molar-refractivity contribution in [3.8, 4) is 0 Å². The number of ether oxygens (including phenoxy) is 4. The van der Waals surface area contributed by atoms with Crippen LogP contribution in [0.4, 0.5) is 0 Å². The standard InChI is InChI=1S/C58H112O17P2/c1-7-9-11-13-15-17-18-22-29-35-41-56(61)69-46-53(74-57(62)42-36-30-23-19-20-26-32-38-50(3)4)48-72-76(64,65)70-44-52(59)45-71-77(66,67)73-49-54(47-68-55(60)40-34-28-21-16-14-12-10-8-2)75-58(63)43-37-31-25-24-27-33-39-51(5)6/h50-54,59H,7-49H2,1-6H3,(H,64,65)(H,66,67)/t52-,53-,54-/m1/s1. The van der Waals surface area contributed by atoms with Crippen LogP contribution in [0.15, 0.2) is 0 Å². The lowest BCUT2D eigenvalue weighted by Gasteiger charge is -2.21. The summed E-state index contributed by atoms with van der Waals surface area (Å²) < 4.78 is 67.6. The fraction of sp³-hybridized carbons (Fsp3) is 0.931. The van der Waals surface area contributed by atoms with Crippen molar-refractivity contribution < 1.29 is 80.2 Å². The minimum Gasteiger partial charge on any atom is -0.462 e. The van der Waals surface area contributed by atoms with Crippen molar-refractivity contribution in [1.82, 2.24) is 0 Å². The lowest BCUT2D eigenvalue weighted by molar-refractivity contribution is -0.161. The summed E-state index contributed by atoms with van der Waals surface area (Å²) in [5, 5.41) is 10.5. The highest BCUT2D eigenvalue weighted by atomic mass is 31.2. The van der Waals surface area contributed by atoms with Gasteiger partial charge in [-0.2, -0.15) is 0 Å². The second-order valence-corrected chi connectivity index (χ2v) is 24.9. The molecule has 0 saturated heterocycles. The van der Waals surface area contributed by atoms with Gasteiger partial charge in [0.1, 0.15) is 19.3 Å². The first-order chi connectivity index (χ1) is 36.9. The van der Waals surface area contributed by atoms with Crippen molar-refractivity contribution in [2.24, 2.45) is 11.8 Å². The Morgan fingerprint density at radius 2 is 0.597 bits per heavy atom. The molecule has 0 aromatic carbocycles. The molecule has 2 unspecified atom stereocenters. The van der Waals surface area contributed by atoms with Gasteiger partial charge in [0.15, 0.2) is 12.2 Å². The second-order valence-electron chi connectivity index (χ2n) is 22.0. The fourth-order valence-corrected chi connectivity index (χ4v) is 10.0. The van der Waals surface area contributed by atoms with Crippen LogP contribution >= 0.6 is 15.6 Å². The number of hydrogen-bond donors (Lipinski definition) is 3. The van der Waals surface area contributed by atoms with Crippen LogP contribution in [0.25, 0.3) is 0 Å². The van der Waals surface area contributed by atoms with Gasteiger partial charge in [-0.05, 0) is 37.5 Å². The number of aliphatic hydroxyl groups excluding tert-OH is 1. The zero-order valence-electron chi connectivity index (χ0n) is 49.2. The molecule has 77 heavy (non-hydrogen) atoms. The molecule has 17 nitrogen and oxygen atoms in total. The van der Waals surface area contributed by atoms with Crippen LogP contribution in [0.5, 0.6) is 0 Å². The lowest BCUT2D eigenvalue weighted by atomic mass is 10.0. The van der Waals surface area contributed by atoms with E-state index in [4.69, 9.17) is 37.0 Å². The van der Waals surface area contributed by atoms with E-state index in [1.807, 2.05) is 0 Å². The summed E-state index contributed by atoms with van der Waals surface area (Å²) in [7, 11) is -9.87. The number of phosphoric ester groups is 2. The molecule has 0 fully saturated rings. The van der Waals surface area contributed by atoms with E-state index in [0.29, 0.717) is 37.5 Å². The maximum Gasteiger partial charge on any atom is 0.472 e. The van der Waals surface area contributed by atoms with Crippen molar-refractivity contribution in [3.05, 3.63) is 0 Å². The first kappa shape index (κ1) is 75.1. The van der Waals surface area contributed by atoms with Crippen LogP contribution in [0, 0.1) is 11.8 Å². The molecule has 0 saturated carbocycles. The number of carbonyl (C=O) groups excluding carboxylic acids is 4. The van der Waals surface area contributed by atoms with Gasteiger partial charge < -0.3 is 33.8 Å². The SMILES string of the molecule is CCCCCCCCCCCCC(=O)OC[C@H](COP(=O)(O)OC[C@@H](O)COP(=O)(O)OC[C@@H](COC(=O)CCCCCCCCCC)OC(=O)CCCCCCCCC(C)C)OC(=O)CCCCCCCCCC(C)C. The van der Waals surface area contributed by atoms with Crippen LogP contribution in [0.1, 0.15) is 279 Å². The molecule has 0 heterocycles. The Labute approximate surface area is 467 Å². The fourth-order valence-electron chi connectivity index (χ4n) is 8.47. The average Bonchev–Trinajstić information content (AvgIpc) is 3.38. The van der Waals surface area contributed by atoms with E-state index < -0.39 is 97.5 Å². The van der Waals surface area contributed by atoms with Gasteiger partial charge in [0.25, 0.3) is 0 Å². The summed E-state index contributed by atoms with van der Waals surface area (Å²) in [6.45, 7) is 9.25. The molecule has 0 aromatic heterocycles. The van der Waals surface area contributed by atoms with E-state index in [2.05, 4.69) is 41.5 Å². The van der Waals surface area contributed by atoms with Crippen molar-refractivity contribution in [2.75, 3.05) is 39.6 Å². The highest BCUT2D eigenvalue weighted by molar-refractivity contribution is 7.47. The van der Waals surface area contributed by atoms with Crippen molar-refractivity contribution in [2.45, 2.75) is 297 Å². The minimum atomic E-state index is -4.94. The summed E-state index contributed by atoms with van der Waals surface area (Å²) in [6, 6.07) is 0. The summed E-state index contributed by atoms with van der Waals surface area (Å²) in [5.74, 6) is -0.786. The van der Waals surface area contributed by atoms with Gasteiger partial charge in [-0.1, -0.05) is 228 Å². The number of unbranched alkanes of at least 4 members (excludes halogenated alkanes) is 27. The normalized spacial score (nSPS) is 14.5. The molecule has 0 aliphatic rings. The number of phosphoric acid groups is 2. The molecule has 0 spiro atoms. The highest BCUT2D eigenvalue weighted by Crippen LogP contribution is 2.45. The molecule has 0 bridgehead atoms. The smallest absolute Gasteiger partial charge is 0.462 e. The Kier molecular flexibility index (Phi) is 49.7. The van der Waals surface area contributed by atoms with E-state index in [9.17, 15) is 43.2 Å². The Morgan fingerprint density at radius 1 is 0.351 bits per heavy atom. The monoisotopic (exact) mass is 1140 g/mol. The van der Waals surface area contributed by atoms with Crippen LogP contribution in [0.3, 0.4) is 0 Å². The lowest BCUT2D eigenvalue weighted by Crippen LogP contribution is -2.30. The molecule has 5 atom stereocenters. The number of esters is 4. The minimum absolute atomic E-state index is 0.102. The summed E-state index contributed by atoms with van der Waals surface area (Å²) >= 11 is 0. The molecule has 19 heteroatoms. The van der Waals surface area contributed by atoms with Gasteiger partial charge in [0.05, 0.1) is 26.4 Å². The number of carbonyl (C=O) groups is 4. The topological polar surface area (TPSA) is 237 Å². The average molecular weight is 1140 g/mol. The van der Waals surface area contributed by atoms with Gasteiger partial charge >= 0.3 is 39.5 Å². The van der Waals surface area contributed by atoms with Crippen LogP contribution in [-0.4, -0.2) is 96.7 Å². The van der Waals surface area contributed by atoms with E-state index >= 15 is 0 Å². The van der Waals surface area contributed by atoms with Gasteiger partial charge in [-0.15, -0.1) is 0 Å². The van der Waals surface area contributed by atoms with E-state index in [0.717, 1.165) is 96.3 Å². The van der Waals surface area contributed by atoms with Crippen molar-refractivity contribution in [1.29, 1.82) is 0 Å². The largest absolute Gasteiger partial charge is 0.472 e. The molecular weight excluding hydrogens is 1030 g/mol. The summed E-state index contributed by atoms with van der Waals surface area (Å²) in [4.78, 5) is 71.8. The first-order valence-electron chi connectivity index (χ1n) is 30.5. The third kappa shape index (κ3) is 53.2. The van der Waals surface area contributed by atoms with Gasteiger partial charge in [0.2, 0.25) is 0 Å². The van der Waals surface area contributed by atoms with E-state index in [1.165, 1.54) is 89.9 Å². The predicted octanol–water partition coefficient (Wildman–Crippen LogP) is 15.3. The van der Waals surface area contributed by atoms with Crippen LogP contribution < -0.4 is 0 Å². The zero-order chi connectivity index (χ0) is 57.3. The van der Waals surface area contributed by atoms with Gasteiger partial charge in [-0.3, -0.25) is 37.3 Å². The molecule has 3 N–H and O–H groups in total. The molecule has 0 rings (SSSR count). The van der Waals surface area contributed by atoms with Crippen LogP contribution in [0.2, 0.25) is 0 Å². The summed E-state index contributed by atoms with van der Waals surface area (Å²) in [6.07, 6.45) is 31.0. The Balaban J connectivity index is 5.22. The molecule has 456 valence electrons. The van der Waals surface area contributed by atoms with Crippen molar-refractivity contribution in [3.63, 3.8) is 0 Å². The number of aliphatic hydroxyl groups is 1. The molecule has 0 radical (unpaired) electrons. The maximum atomic E-state index is 12.9.